The van der Waals surface area contributed by atoms with Crippen molar-refractivity contribution in [3.8, 4) is 17.6 Å². The molecule has 0 saturated carbocycles. The van der Waals surface area contributed by atoms with Crippen LogP contribution in [0.25, 0.3) is 0 Å². The monoisotopic (exact) mass is 939 g/mol. The van der Waals surface area contributed by atoms with Gasteiger partial charge >= 0.3 is 6.18 Å². The molecule has 1 spiro atoms. The van der Waals surface area contributed by atoms with Crippen molar-refractivity contribution in [2.24, 2.45) is 11.3 Å². The lowest BCUT2D eigenvalue weighted by molar-refractivity contribution is -0.141. The predicted molar refractivity (Wildman–Crippen MR) is 239 cm³/mol. The minimum Gasteiger partial charge on any atom is -0.495 e. The lowest BCUT2D eigenvalue weighted by atomic mass is 9.63. The summed E-state index contributed by atoms with van der Waals surface area (Å²) in [6.07, 6.45) is -2.65. The van der Waals surface area contributed by atoms with E-state index in [4.69, 9.17) is 16.3 Å². The molecular formula is C49H46ClF4N7O6. The molecule has 3 saturated heterocycles. The SMILES string of the molecule is COc1cc(C(=O)N2CC(C#Cc3ccc4c(c3)CN(C3CCC(=O)NC3=O)C4=O)C2)ccc1NC(=O)[C@@H]1N[C@@H](CC(C)(C)C)[C@@]2(CNc3cc(C(F)(F)F)ncc32)[C@H]1c1cccc(Cl)c1F. The summed E-state index contributed by atoms with van der Waals surface area (Å²) >= 11 is 6.35. The summed E-state index contributed by atoms with van der Waals surface area (Å²) in [5.41, 5.74) is 0.573. The first-order valence-corrected chi connectivity index (χ1v) is 22.2. The highest BCUT2D eigenvalue weighted by Gasteiger charge is 2.62. The van der Waals surface area contributed by atoms with E-state index in [9.17, 15) is 37.1 Å². The van der Waals surface area contributed by atoms with Crippen LogP contribution in [0.2, 0.25) is 5.02 Å². The Kier molecular flexibility index (Phi) is 11.6. The number of alkyl halides is 3. The first-order chi connectivity index (χ1) is 31.7. The summed E-state index contributed by atoms with van der Waals surface area (Å²) in [7, 11) is 1.39. The van der Waals surface area contributed by atoms with Gasteiger partial charge < -0.3 is 30.5 Å². The number of carbonyl (C=O) groups excluding carboxylic acids is 5. The number of nitrogens with zero attached hydrogens (tertiary/aromatic N) is 3. The normalized spacial score (nSPS) is 23.5. The van der Waals surface area contributed by atoms with Crippen LogP contribution in [-0.2, 0) is 32.5 Å². The molecule has 18 heteroatoms. The van der Waals surface area contributed by atoms with Gasteiger partial charge in [0.2, 0.25) is 17.7 Å². The summed E-state index contributed by atoms with van der Waals surface area (Å²) in [6.45, 7) is 7.03. The number of nitrogens with one attached hydrogen (secondary N) is 4. The summed E-state index contributed by atoms with van der Waals surface area (Å²) in [6, 6.07) is 12.9. The number of anilines is 2. The van der Waals surface area contributed by atoms with Crippen molar-refractivity contribution in [1.82, 2.24) is 25.4 Å². The number of pyridine rings is 1. The average Bonchev–Trinajstić information content (AvgIpc) is 3.91. The van der Waals surface area contributed by atoms with Crippen molar-refractivity contribution in [3.05, 3.63) is 117 Å². The number of hydrogen-bond acceptors (Lipinski definition) is 9. The molecular weight excluding hydrogens is 894 g/mol. The number of likely N-dealkylation sites (tertiary alicyclic amines) is 1. The fourth-order valence-electron chi connectivity index (χ4n) is 10.2. The summed E-state index contributed by atoms with van der Waals surface area (Å²) in [4.78, 5) is 72.4. The molecule has 5 amide bonds. The number of carbonyl (C=O) groups is 5. The van der Waals surface area contributed by atoms with Gasteiger partial charge in [-0.1, -0.05) is 56.3 Å². The molecule has 0 aliphatic carbocycles. The van der Waals surface area contributed by atoms with Crippen LogP contribution in [0.4, 0.5) is 28.9 Å². The van der Waals surface area contributed by atoms with E-state index in [0.717, 1.165) is 11.6 Å². The van der Waals surface area contributed by atoms with Crippen LogP contribution in [0.3, 0.4) is 0 Å². The van der Waals surface area contributed by atoms with Gasteiger partial charge in [0.05, 0.1) is 29.8 Å². The van der Waals surface area contributed by atoms with Gasteiger partial charge in [0, 0.05) is 84.1 Å². The Morgan fingerprint density at radius 2 is 1.82 bits per heavy atom. The van der Waals surface area contributed by atoms with E-state index in [-0.39, 0.29) is 82.7 Å². The van der Waals surface area contributed by atoms with Crippen molar-refractivity contribution in [1.29, 1.82) is 0 Å². The fourth-order valence-corrected chi connectivity index (χ4v) is 10.4. The van der Waals surface area contributed by atoms with E-state index in [1.165, 1.54) is 36.4 Å². The van der Waals surface area contributed by atoms with Crippen LogP contribution in [0.1, 0.15) is 94.6 Å². The van der Waals surface area contributed by atoms with Crippen LogP contribution < -0.4 is 26.0 Å². The smallest absolute Gasteiger partial charge is 0.433 e. The molecule has 9 rings (SSSR count). The quantitative estimate of drug-likeness (QED) is 0.0904. The van der Waals surface area contributed by atoms with Crippen molar-refractivity contribution in [3.63, 3.8) is 0 Å². The molecule has 6 heterocycles. The third kappa shape index (κ3) is 8.35. The molecule has 0 radical (unpaired) electrons. The van der Waals surface area contributed by atoms with Crippen molar-refractivity contribution < 1.29 is 46.3 Å². The first kappa shape index (κ1) is 45.6. The van der Waals surface area contributed by atoms with E-state index in [1.807, 2.05) is 26.8 Å². The maximum absolute atomic E-state index is 16.3. The Labute approximate surface area is 388 Å². The van der Waals surface area contributed by atoms with E-state index >= 15 is 4.39 Å². The van der Waals surface area contributed by atoms with Crippen LogP contribution in [-0.4, -0.2) is 89.2 Å². The van der Waals surface area contributed by atoms with Crippen LogP contribution >= 0.6 is 11.6 Å². The highest BCUT2D eigenvalue weighted by molar-refractivity contribution is 6.30. The number of aromatic nitrogens is 1. The Morgan fingerprint density at radius 1 is 1.04 bits per heavy atom. The third-order valence-corrected chi connectivity index (χ3v) is 13.7. The highest BCUT2D eigenvalue weighted by atomic mass is 35.5. The van der Waals surface area contributed by atoms with Crippen molar-refractivity contribution in [2.75, 3.05) is 37.4 Å². The minimum absolute atomic E-state index is 0.0752. The number of benzene rings is 3. The number of fused-ring (bicyclic) bond motifs is 3. The molecule has 5 aliphatic heterocycles. The molecule has 3 fully saturated rings. The largest absolute Gasteiger partial charge is 0.495 e. The summed E-state index contributed by atoms with van der Waals surface area (Å²) < 4.78 is 63.5. The molecule has 5 aliphatic rings. The molecule has 4 aromatic rings. The summed E-state index contributed by atoms with van der Waals surface area (Å²) in [5, 5.41) is 11.7. The van der Waals surface area contributed by atoms with Gasteiger partial charge in [-0.2, -0.15) is 13.2 Å². The Balaban J connectivity index is 0.913. The number of amides is 5. The Hall–Kier alpha value is -6.51. The number of hydrogen-bond donors (Lipinski definition) is 4. The zero-order chi connectivity index (χ0) is 47.7. The molecule has 348 valence electrons. The lowest BCUT2D eigenvalue weighted by Gasteiger charge is -2.39. The van der Waals surface area contributed by atoms with Crippen molar-refractivity contribution in [2.45, 2.75) is 82.2 Å². The number of rotatable bonds is 7. The number of imide groups is 1. The topological polar surface area (TPSA) is 162 Å². The Bertz CT molecular complexity index is 2820. The molecule has 0 bridgehead atoms. The van der Waals surface area contributed by atoms with Crippen LogP contribution in [0.15, 0.2) is 66.9 Å². The van der Waals surface area contributed by atoms with Gasteiger partial charge in [-0.25, -0.2) is 4.39 Å². The van der Waals surface area contributed by atoms with Gasteiger partial charge in [-0.3, -0.25) is 34.3 Å². The summed E-state index contributed by atoms with van der Waals surface area (Å²) in [5.74, 6) is 2.72. The predicted octanol–water partition coefficient (Wildman–Crippen LogP) is 6.65. The minimum atomic E-state index is -4.71. The first-order valence-electron chi connectivity index (χ1n) is 21.8. The number of piperidine rings is 1. The molecule has 4 N–H and O–H groups in total. The molecule has 3 aromatic carbocycles. The second-order valence-electron chi connectivity index (χ2n) is 18.9. The molecule has 1 aromatic heterocycles. The number of ether oxygens (including phenoxy) is 1. The van der Waals surface area contributed by atoms with E-state index in [2.05, 4.69) is 38.1 Å². The fraction of sp³-hybridized carbons (Fsp3) is 0.388. The van der Waals surface area contributed by atoms with E-state index in [1.54, 1.807) is 35.2 Å². The maximum atomic E-state index is 16.3. The number of methoxy groups -OCH3 is 1. The third-order valence-electron chi connectivity index (χ3n) is 13.4. The standard InChI is InChI=1S/C49H46ClF4N7O6/c1-47(2,3)19-38-48(24-56-34-18-37(49(52,53)54)55-20-31(34)48)40(30-6-5-7-32(50)41(30)51)42(58-38)44(64)57-33-13-11-27(17-36(33)67-4)45(65)60-21-26(22-60)9-8-25-10-12-29-28(16-25)23-61(46(29)66)35-14-15-39(62)59-43(35)63/h5-7,10-13,16-18,20,26,35,38,40,42,56,58H,14-15,19,21-24H2,1-4H3,(H,57,64)(H,59,62,63)/t35?,38-,40-,42+,48-/m0/s1. The maximum Gasteiger partial charge on any atom is 0.433 e. The second-order valence-corrected chi connectivity index (χ2v) is 19.3. The molecule has 13 nitrogen and oxygen atoms in total. The van der Waals surface area contributed by atoms with Gasteiger partial charge in [0.15, 0.2) is 0 Å². The van der Waals surface area contributed by atoms with Gasteiger partial charge in [0.1, 0.15) is 23.3 Å². The van der Waals surface area contributed by atoms with Crippen LogP contribution in [0.5, 0.6) is 5.75 Å². The molecule has 67 heavy (non-hydrogen) atoms. The van der Waals surface area contributed by atoms with E-state index in [0.29, 0.717) is 41.8 Å². The zero-order valence-electron chi connectivity index (χ0n) is 36.9. The Morgan fingerprint density at radius 3 is 2.54 bits per heavy atom. The van der Waals surface area contributed by atoms with Gasteiger partial charge in [-0.05, 0) is 77.9 Å². The second kappa shape index (κ2) is 17.0. The lowest BCUT2D eigenvalue weighted by Crippen LogP contribution is -2.52. The zero-order valence-corrected chi connectivity index (χ0v) is 37.6. The van der Waals surface area contributed by atoms with Crippen molar-refractivity contribution >= 4 is 52.5 Å². The van der Waals surface area contributed by atoms with E-state index < -0.39 is 59.0 Å². The molecule has 5 atom stereocenters. The van der Waals surface area contributed by atoms with Gasteiger partial charge in [0.25, 0.3) is 11.8 Å². The average molecular weight is 940 g/mol. The molecule has 1 unspecified atom stereocenters. The van der Waals surface area contributed by atoms with Crippen LogP contribution in [0, 0.1) is 29.0 Å². The van der Waals surface area contributed by atoms with Gasteiger partial charge in [-0.15, -0.1) is 0 Å². The number of halogens is 5. The highest BCUT2D eigenvalue weighted by Crippen LogP contribution is 2.57.